The maximum Gasteiger partial charge on any atom is 0.316 e. The lowest BCUT2D eigenvalue weighted by Gasteiger charge is -2.15. The normalized spacial score (nSPS) is 13.1. The zero-order valence-electron chi connectivity index (χ0n) is 12.6. The fourth-order valence-corrected chi connectivity index (χ4v) is 2.32. The molecule has 0 aromatic heterocycles. The Bertz CT molecular complexity index is 573. The van der Waals surface area contributed by atoms with Gasteiger partial charge in [0.25, 0.3) is 0 Å². The van der Waals surface area contributed by atoms with Crippen molar-refractivity contribution in [2.24, 2.45) is 11.5 Å². The van der Waals surface area contributed by atoms with E-state index in [0.717, 1.165) is 12.0 Å². The molecule has 0 fully saturated rings. The summed E-state index contributed by atoms with van der Waals surface area (Å²) in [4.78, 5) is 10.8. The Hall–Kier alpha value is -2.49. The molecule has 4 heteroatoms. The van der Waals surface area contributed by atoms with Crippen LogP contribution in [0, 0.1) is 6.92 Å². The van der Waals surface area contributed by atoms with E-state index >= 15 is 0 Å². The van der Waals surface area contributed by atoms with Crippen molar-refractivity contribution in [2.75, 3.05) is 0 Å². The highest BCUT2D eigenvalue weighted by atomic mass is 16.2. The Morgan fingerprint density at radius 1 is 1.43 bits per heavy atom. The monoisotopic (exact) mass is 285 g/mol. The van der Waals surface area contributed by atoms with Gasteiger partial charge in [-0.3, -0.25) is 0 Å². The maximum absolute atomic E-state index is 10.8. The van der Waals surface area contributed by atoms with Crippen molar-refractivity contribution in [1.82, 2.24) is 5.32 Å². The van der Waals surface area contributed by atoms with Gasteiger partial charge in [0, 0.05) is 5.70 Å². The van der Waals surface area contributed by atoms with E-state index in [1.807, 2.05) is 18.2 Å². The molecule has 1 aromatic rings. The van der Waals surface area contributed by atoms with Gasteiger partial charge in [-0.1, -0.05) is 37.8 Å². The van der Waals surface area contributed by atoms with Crippen LogP contribution in [0.25, 0.3) is 0 Å². The molecule has 0 saturated carbocycles. The lowest BCUT2D eigenvalue weighted by molar-refractivity contribution is 0.251. The van der Waals surface area contributed by atoms with Gasteiger partial charge in [-0.15, -0.1) is 0 Å². The van der Waals surface area contributed by atoms with E-state index < -0.39 is 6.03 Å². The van der Waals surface area contributed by atoms with E-state index in [4.69, 9.17) is 11.5 Å². The van der Waals surface area contributed by atoms with Gasteiger partial charge in [0.2, 0.25) is 0 Å². The van der Waals surface area contributed by atoms with Gasteiger partial charge in [-0.05, 0) is 54.3 Å². The van der Waals surface area contributed by atoms with Crippen molar-refractivity contribution in [3.8, 4) is 0 Å². The minimum Gasteiger partial charge on any atom is -0.405 e. The summed E-state index contributed by atoms with van der Waals surface area (Å²) >= 11 is 0. The molecule has 0 aliphatic carbocycles. The predicted octanol–water partition coefficient (Wildman–Crippen LogP) is 3.07. The molecule has 0 aliphatic heterocycles. The number of rotatable bonds is 6. The first-order chi connectivity index (χ1) is 9.93. The second kappa shape index (κ2) is 7.94. The molecule has 4 nitrogen and oxygen atoms in total. The second-order valence-electron chi connectivity index (χ2n) is 5.05. The van der Waals surface area contributed by atoms with Crippen LogP contribution in [0.3, 0.4) is 0 Å². The Morgan fingerprint density at radius 2 is 2.10 bits per heavy atom. The molecule has 0 radical (unpaired) electrons. The molecule has 5 N–H and O–H groups in total. The summed E-state index contributed by atoms with van der Waals surface area (Å²) < 4.78 is 0. The number of allylic oxidation sites excluding steroid dienone is 3. The van der Waals surface area contributed by atoms with Crippen molar-refractivity contribution in [3.63, 3.8) is 0 Å². The molecule has 1 aromatic carbocycles. The third-order valence-corrected chi connectivity index (χ3v) is 3.21. The number of amides is 2. The van der Waals surface area contributed by atoms with Gasteiger partial charge in [0.1, 0.15) is 0 Å². The number of nitrogens with two attached hydrogens (primary N) is 2. The Balaban J connectivity index is 2.88. The number of aryl methyl sites for hydroxylation is 1. The molecule has 0 heterocycles. The first-order valence-electron chi connectivity index (χ1n) is 6.83. The van der Waals surface area contributed by atoms with Gasteiger partial charge in [-0.2, -0.15) is 0 Å². The van der Waals surface area contributed by atoms with Crippen LogP contribution in [0.5, 0.6) is 0 Å². The molecule has 112 valence electrons. The van der Waals surface area contributed by atoms with Crippen LogP contribution in [0.2, 0.25) is 0 Å². The summed E-state index contributed by atoms with van der Waals surface area (Å²) in [5.74, 6) is 0.329. The van der Waals surface area contributed by atoms with E-state index in [1.54, 1.807) is 6.08 Å². The fraction of sp³-hybridized carbons (Fsp3) is 0.235. The average Bonchev–Trinajstić information content (AvgIpc) is 2.38. The number of hydrogen-bond donors (Lipinski definition) is 3. The Morgan fingerprint density at radius 3 is 2.67 bits per heavy atom. The predicted molar refractivity (Wildman–Crippen MR) is 87.5 cm³/mol. The van der Waals surface area contributed by atoms with Gasteiger partial charge >= 0.3 is 6.03 Å². The van der Waals surface area contributed by atoms with Crippen LogP contribution in [0.4, 0.5) is 4.79 Å². The molecule has 0 spiro atoms. The summed E-state index contributed by atoms with van der Waals surface area (Å²) in [7, 11) is 0. The van der Waals surface area contributed by atoms with Crippen LogP contribution in [0.1, 0.15) is 30.4 Å². The highest BCUT2D eigenvalue weighted by molar-refractivity contribution is 5.74. The highest BCUT2D eigenvalue weighted by Gasteiger charge is 2.09. The molecule has 2 amide bonds. The molecule has 0 saturated heterocycles. The molecule has 1 atom stereocenters. The van der Waals surface area contributed by atoms with Crippen molar-refractivity contribution in [1.29, 1.82) is 0 Å². The number of carbonyl (C=O) groups excluding carboxylic acids is 1. The number of urea groups is 1. The number of carbonyl (C=O) groups is 1. The van der Waals surface area contributed by atoms with Crippen molar-refractivity contribution in [3.05, 3.63) is 71.6 Å². The molecular weight excluding hydrogens is 262 g/mol. The van der Waals surface area contributed by atoms with Crippen LogP contribution < -0.4 is 16.8 Å². The second-order valence-corrected chi connectivity index (χ2v) is 5.05. The topological polar surface area (TPSA) is 81.1 Å². The summed E-state index contributed by atoms with van der Waals surface area (Å²) in [5, 5.41) is 2.45. The lowest BCUT2D eigenvalue weighted by Crippen LogP contribution is -2.27. The van der Waals surface area contributed by atoms with Gasteiger partial charge in [0.15, 0.2) is 0 Å². The lowest BCUT2D eigenvalue weighted by atomic mass is 9.90. The van der Waals surface area contributed by atoms with Gasteiger partial charge in [0.05, 0.1) is 0 Å². The quantitative estimate of drug-likeness (QED) is 0.702. The van der Waals surface area contributed by atoms with Crippen molar-refractivity contribution < 1.29 is 4.79 Å². The van der Waals surface area contributed by atoms with Crippen molar-refractivity contribution in [2.45, 2.75) is 26.2 Å². The maximum atomic E-state index is 10.8. The third-order valence-electron chi connectivity index (χ3n) is 3.21. The van der Waals surface area contributed by atoms with E-state index in [2.05, 4.69) is 37.9 Å². The van der Waals surface area contributed by atoms with Crippen LogP contribution in [-0.4, -0.2) is 6.03 Å². The zero-order valence-corrected chi connectivity index (χ0v) is 12.6. The van der Waals surface area contributed by atoms with Gasteiger partial charge < -0.3 is 16.8 Å². The molecule has 0 bridgehead atoms. The smallest absolute Gasteiger partial charge is 0.316 e. The molecule has 21 heavy (non-hydrogen) atoms. The molecule has 1 rings (SSSR count). The van der Waals surface area contributed by atoms with Crippen LogP contribution in [-0.2, 0) is 0 Å². The minimum absolute atomic E-state index is 0.329. The third kappa shape index (κ3) is 5.57. The summed E-state index contributed by atoms with van der Waals surface area (Å²) in [6.07, 6.45) is 5.86. The fourth-order valence-electron chi connectivity index (χ4n) is 2.32. The number of benzene rings is 1. The number of nitrogens with one attached hydrogen (secondary N) is 1. The first kappa shape index (κ1) is 16.6. The zero-order chi connectivity index (χ0) is 15.8. The van der Waals surface area contributed by atoms with E-state index in [-0.39, 0.29) is 0 Å². The molecular formula is C17H23N3O. The summed E-state index contributed by atoms with van der Waals surface area (Å²) in [6, 6.07) is 7.66. The first-order valence-corrected chi connectivity index (χ1v) is 6.83. The number of hydrogen-bond acceptors (Lipinski definition) is 2. The Labute approximate surface area is 126 Å². The summed E-state index contributed by atoms with van der Waals surface area (Å²) in [6.45, 7) is 8.01. The minimum atomic E-state index is -0.626. The van der Waals surface area contributed by atoms with Crippen LogP contribution >= 0.6 is 0 Å². The highest BCUT2D eigenvalue weighted by Crippen LogP contribution is 2.26. The Kier molecular flexibility index (Phi) is 6.27. The average molecular weight is 285 g/mol. The standard InChI is InChI=1S/C17H23N3O/c1-12-6-4-5-7-16(12)13(2)10-15(8-9-18)11-14(3)20-17(19)21/h4-9,11,13H,3,10,18H2,1-2H3,(H3,19,20,21)/b9-8-,15-11+. The van der Waals surface area contributed by atoms with Crippen molar-refractivity contribution >= 4 is 6.03 Å². The largest absolute Gasteiger partial charge is 0.405 e. The van der Waals surface area contributed by atoms with E-state index in [1.165, 1.54) is 17.3 Å². The number of primary amides is 1. The van der Waals surface area contributed by atoms with E-state index in [9.17, 15) is 4.79 Å². The van der Waals surface area contributed by atoms with Gasteiger partial charge in [-0.25, -0.2) is 4.79 Å². The molecule has 1 unspecified atom stereocenters. The van der Waals surface area contributed by atoms with Crippen LogP contribution in [0.15, 0.2) is 60.5 Å². The molecule has 0 aliphatic rings. The SMILES string of the molecule is C=C(/C=C(\C=C/N)CC(C)c1ccccc1C)NC(N)=O. The summed E-state index contributed by atoms with van der Waals surface area (Å²) in [5.41, 5.74) is 14.5. The van der Waals surface area contributed by atoms with E-state index in [0.29, 0.717) is 11.6 Å².